The Balaban J connectivity index is 1.83. The lowest BCUT2D eigenvalue weighted by Gasteiger charge is -2.37. The number of carbonyl (C=O) groups excluding carboxylic acids is 1. The molecule has 0 aliphatic heterocycles. The molecule has 2 aliphatic carbocycles. The van der Waals surface area contributed by atoms with Crippen LogP contribution >= 0.6 is 0 Å². The zero-order valence-electron chi connectivity index (χ0n) is 13.4. The first-order valence-electron chi connectivity index (χ1n) is 8.53. The van der Waals surface area contributed by atoms with Gasteiger partial charge >= 0.3 is 6.09 Å². The molecule has 0 spiro atoms. The van der Waals surface area contributed by atoms with Crippen molar-refractivity contribution in [1.29, 1.82) is 0 Å². The van der Waals surface area contributed by atoms with Crippen LogP contribution in [0.25, 0.3) is 0 Å². The zero-order chi connectivity index (χ0) is 14.5. The average molecular weight is 281 g/mol. The van der Waals surface area contributed by atoms with Gasteiger partial charge in [0.15, 0.2) is 0 Å². The van der Waals surface area contributed by atoms with E-state index in [9.17, 15) is 4.79 Å². The number of amides is 1. The lowest BCUT2D eigenvalue weighted by molar-refractivity contribution is 0.00447. The highest BCUT2D eigenvalue weighted by Gasteiger charge is 2.33. The molecule has 1 N–H and O–H groups in total. The molecule has 3 nitrogen and oxygen atoms in total. The minimum atomic E-state index is -0.179. The molecule has 0 bridgehead atoms. The van der Waals surface area contributed by atoms with Gasteiger partial charge in [-0.25, -0.2) is 4.79 Å². The molecule has 20 heavy (non-hydrogen) atoms. The highest BCUT2D eigenvalue weighted by molar-refractivity contribution is 5.67. The molecule has 3 heteroatoms. The summed E-state index contributed by atoms with van der Waals surface area (Å²) >= 11 is 0. The van der Waals surface area contributed by atoms with Crippen molar-refractivity contribution >= 4 is 6.09 Å². The normalized spacial score (nSPS) is 32.1. The average Bonchev–Trinajstić information content (AvgIpc) is 2.39. The van der Waals surface area contributed by atoms with Gasteiger partial charge in [-0.15, -0.1) is 0 Å². The third-order valence-corrected chi connectivity index (χ3v) is 5.15. The second-order valence-corrected chi connectivity index (χ2v) is 7.25. The molecule has 0 radical (unpaired) electrons. The van der Waals surface area contributed by atoms with Crippen LogP contribution in [0.15, 0.2) is 0 Å². The number of carbonyl (C=O) groups is 1. The van der Waals surface area contributed by atoms with Gasteiger partial charge in [0.25, 0.3) is 0 Å². The van der Waals surface area contributed by atoms with Gasteiger partial charge < -0.3 is 10.1 Å². The molecule has 0 unspecified atom stereocenters. The molecule has 2 rings (SSSR count). The molecule has 2 fully saturated rings. The quantitative estimate of drug-likeness (QED) is 0.826. The standard InChI is InChI=1S/C17H31NO2/c1-12(2)15-10-9-13(3)11-16(15)20-17(19)18-14-7-5-4-6-8-14/h12-16H,4-11H2,1-3H3,(H,18,19)/t13-,15+,16+/m1/s1. The molecule has 1 amide bonds. The number of hydrogen-bond donors (Lipinski definition) is 1. The molecule has 0 aromatic carbocycles. The maximum absolute atomic E-state index is 12.1. The summed E-state index contributed by atoms with van der Waals surface area (Å²) < 4.78 is 5.79. The highest BCUT2D eigenvalue weighted by Crippen LogP contribution is 2.35. The number of ether oxygens (including phenoxy) is 1. The Hall–Kier alpha value is -0.730. The monoisotopic (exact) mass is 281 g/mol. The van der Waals surface area contributed by atoms with Crippen LogP contribution in [0.3, 0.4) is 0 Å². The van der Waals surface area contributed by atoms with Crippen molar-refractivity contribution in [3.63, 3.8) is 0 Å². The van der Waals surface area contributed by atoms with Crippen molar-refractivity contribution in [2.45, 2.75) is 84.3 Å². The maximum atomic E-state index is 12.1. The van der Waals surface area contributed by atoms with E-state index in [0.717, 1.165) is 19.3 Å². The van der Waals surface area contributed by atoms with Crippen molar-refractivity contribution in [1.82, 2.24) is 5.32 Å². The van der Waals surface area contributed by atoms with Crippen LogP contribution in [-0.4, -0.2) is 18.2 Å². The Kier molecular flexibility index (Phi) is 5.74. The maximum Gasteiger partial charge on any atom is 0.407 e. The van der Waals surface area contributed by atoms with E-state index in [0.29, 0.717) is 23.8 Å². The number of alkyl carbamates (subject to hydrolysis) is 1. The summed E-state index contributed by atoms with van der Waals surface area (Å²) in [5, 5.41) is 3.08. The van der Waals surface area contributed by atoms with Gasteiger partial charge in [-0.3, -0.25) is 0 Å². The van der Waals surface area contributed by atoms with E-state index < -0.39 is 0 Å². The van der Waals surface area contributed by atoms with Gasteiger partial charge in [-0.05, 0) is 43.4 Å². The van der Waals surface area contributed by atoms with Crippen molar-refractivity contribution in [2.75, 3.05) is 0 Å². The highest BCUT2D eigenvalue weighted by atomic mass is 16.6. The fourth-order valence-electron chi connectivity index (χ4n) is 3.84. The summed E-state index contributed by atoms with van der Waals surface area (Å²) in [5.41, 5.74) is 0. The topological polar surface area (TPSA) is 38.3 Å². The van der Waals surface area contributed by atoms with Crippen LogP contribution < -0.4 is 5.32 Å². The molecule has 0 aromatic rings. The van der Waals surface area contributed by atoms with Crippen molar-refractivity contribution < 1.29 is 9.53 Å². The van der Waals surface area contributed by atoms with Gasteiger partial charge in [-0.1, -0.05) is 46.5 Å². The van der Waals surface area contributed by atoms with Gasteiger partial charge in [0.1, 0.15) is 6.10 Å². The summed E-state index contributed by atoms with van der Waals surface area (Å²) in [6, 6.07) is 0.342. The molecule has 2 saturated carbocycles. The molecule has 0 saturated heterocycles. The Morgan fingerprint density at radius 1 is 1.10 bits per heavy atom. The van der Waals surface area contributed by atoms with Crippen molar-refractivity contribution in [3.05, 3.63) is 0 Å². The van der Waals surface area contributed by atoms with E-state index in [1.54, 1.807) is 0 Å². The summed E-state index contributed by atoms with van der Waals surface area (Å²) in [5.74, 6) is 1.80. The van der Waals surface area contributed by atoms with Crippen LogP contribution in [0.4, 0.5) is 4.79 Å². The summed E-state index contributed by atoms with van der Waals surface area (Å²) in [6.45, 7) is 6.76. The molecule has 0 aromatic heterocycles. The predicted molar refractivity (Wildman–Crippen MR) is 81.6 cm³/mol. The van der Waals surface area contributed by atoms with Crippen LogP contribution in [-0.2, 0) is 4.74 Å². The summed E-state index contributed by atoms with van der Waals surface area (Å²) in [6.07, 6.45) is 9.44. The molecule has 2 aliphatic rings. The first kappa shape index (κ1) is 15.7. The van der Waals surface area contributed by atoms with E-state index in [-0.39, 0.29) is 12.2 Å². The van der Waals surface area contributed by atoms with Crippen LogP contribution in [0, 0.1) is 17.8 Å². The van der Waals surface area contributed by atoms with E-state index in [1.165, 1.54) is 32.1 Å². The molecule has 116 valence electrons. The largest absolute Gasteiger partial charge is 0.446 e. The van der Waals surface area contributed by atoms with E-state index in [1.807, 2.05) is 0 Å². The molecular formula is C17H31NO2. The predicted octanol–water partition coefficient (Wildman–Crippen LogP) is 4.51. The first-order chi connectivity index (χ1) is 9.56. The van der Waals surface area contributed by atoms with E-state index >= 15 is 0 Å². The minimum Gasteiger partial charge on any atom is -0.446 e. The third kappa shape index (κ3) is 4.39. The van der Waals surface area contributed by atoms with Gasteiger partial charge in [0.2, 0.25) is 0 Å². The Bertz CT molecular complexity index is 310. The second-order valence-electron chi connectivity index (χ2n) is 7.25. The second kappa shape index (κ2) is 7.33. The molecular weight excluding hydrogens is 250 g/mol. The Labute approximate surface area is 123 Å². The Morgan fingerprint density at radius 2 is 1.80 bits per heavy atom. The Morgan fingerprint density at radius 3 is 2.45 bits per heavy atom. The van der Waals surface area contributed by atoms with E-state index in [2.05, 4.69) is 26.1 Å². The zero-order valence-corrected chi connectivity index (χ0v) is 13.4. The van der Waals surface area contributed by atoms with E-state index in [4.69, 9.17) is 4.74 Å². The summed E-state index contributed by atoms with van der Waals surface area (Å²) in [4.78, 5) is 12.1. The molecule has 0 heterocycles. The number of hydrogen-bond acceptors (Lipinski definition) is 2. The lowest BCUT2D eigenvalue weighted by Crippen LogP contribution is -2.42. The van der Waals surface area contributed by atoms with Gasteiger partial charge in [0, 0.05) is 6.04 Å². The SMILES string of the molecule is CC(C)[C@@H]1CC[C@@H](C)C[C@@H]1OC(=O)NC1CCCCC1. The fourth-order valence-corrected chi connectivity index (χ4v) is 3.84. The van der Waals surface area contributed by atoms with Gasteiger partial charge in [0.05, 0.1) is 0 Å². The number of nitrogens with one attached hydrogen (secondary N) is 1. The van der Waals surface area contributed by atoms with Crippen LogP contribution in [0.5, 0.6) is 0 Å². The van der Waals surface area contributed by atoms with Crippen LogP contribution in [0.2, 0.25) is 0 Å². The van der Waals surface area contributed by atoms with Gasteiger partial charge in [-0.2, -0.15) is 0 Å². The first-order valence-corrected chi connectivity index (χ1v) is 8.53. The third-order valence-electron chi connectivity index (χ3n) is 5.15. The van der Waals surface area contributed by atoms with Crippen LogP contribution in [0.1, 0.15) is 72.1 Å². The molecule has 3 atom stereocenters. The summed E-state index contributed by atoms with van der Waals surface area (Å²) in [7, 11) is 0. The fraction of sp³-hybridized carbons (Fsp3) is 0.941. The van der Waals surface area contributed by atoms with Crippen molar-refractivity contribution in [2.24, 2.45) is 17.8 Å². The van der Waals surface area contributed by atoms with Crippen molar-refractivity contribution in [3.8, 4) is 0 Å². The lowest BCUT2D eigenvalue weighted by atomic mass is 9.75. The minimum absolute atomic E-state index is 0.113. The smallest absolute Gasteiger partial charge is 0.407 e. The number of rotatable bonds is 3.